The standard InChI is InChI=1S/C19H17Cl2N3O3.ClH/c20-11-7-8-15-13(10-11)17(12-4-1-2-5-14(12)21)24-19(18(26)23-15)27-16(25)6-3-9-22;/h1-2,4-5,7-8,10,19H,3,6,9,22H2,(H,23,26);1H. The number of amides is 1. The van der Waals surface area contributed by atoms with Crippen molar-refractivity contribution in [3.63, 3.8) is 0 Å². The molecule has 0 spiro atoms. The van der Waals surface area contributed by atoms with Gasteiger partial charge in [-0.05, 0) is 37.2 Å². The number of fused-ring (bicyclic) bond motifs is 1. The monoisotopic (exact) mass is 441 g/mol. The number of esters is 1. The summed E-state index contributed by atoms with van der Waals surface area (Å²) in [4.78, 5) is 28.9. The first-order chi connectivity index (χ1) is 13.0. The normalized spacial score (nSPS) is 15.5. The number of hydrogen-bond donors (Lipinski definition) is 2. The van der Waals surface area contributed by atoms with E-state index in [-0.39, 0.29) is 18.8 Å². The van der Waals surface area contributed by atoms with E-state index in [0.717, 1.165) is 0 Å². The molecule has 2 aromatic carbocycles. The van der Waals surface area contributed by atoms with Crippen LogP contribution < -0.4 is 11.1 Å². The Morgan fingerprint density at radius 2 is 1.93 bits per heavy atom. The highest BCUT2D eigenvalue weighted by Crippen LogP contribution is 2.30. The Balaban J connectivity index is 0.00000280. The summed E-state index contributed by atoms with van der Waals surface area (Å²) in [6.07, 6.45) is -0.771. The summed E-state index contributed by atoms with van der Waals surface area (Å²) >= 11 is 12.5. The number of hydrogen-bond acceptors (Lipinski definition) is 5. The lowest BCUT2D eigenvalue weighted by Gasteiger charge is -2.12. The number of anilines is 1. The van der Waals surface area contributed by atoms with E-state index in [9.17, 15) is 9.59 Å². The van der Waals surface area contributed by atoms with Crippen molar-refractivity contribution in [3.8, 4) is 0 Å². The van der Waals surface area contributed by atoms with Crippen molar-refractivity contribution in [1.82, 2.24) is 0 Å². The number of halogens is 3. The van der Waals surface area contributed by atoms with Gasteiger partial charge in [-0.2, -0.15) is 0 Å². The molecular formula is C19H18Cl3N3O3. The Morgan fingerprint density at radius 3 is 2.64 bits per heavy atom. The third kappa shape index (κ3) is 5.02. The van der Waals surface area contributed by atoms with Crippen LogP contribution in [0.2, 0.25) is 10.0 Å². The van der Waals surface area contributed by atoms with Gasteiger partial charge in [0, 0.05) is 27.6 Å². The van der Waals surface area contributed by atoms with Crippen molar-refractivity contribution in [2.75, 3.05) is 11.9 Å². The molecule has 0 aromatic heterocycles. The van der Waals surface area contributed by atoms with Gasteiger partial charge in [-0.25, -0.2) is 4.99 Å². The molecule has 148 valence electrons. The second kappa shape index (κ2) is 9.89. The van der Waals surface area contributed by atoms with E-state index in [1.54, 1.807) is 42.5 Å². The van der Waals surface area contributed by atoms with Gasteiger partial charge in [-0.15, -0.1) is 12.4 Å². The minimum absolute atomic E-state index is 0. The van der Waals surface area contributed by atoms with Gasteiger partial charge >= 0.3 is 5.97 Å². The fourth-order valence-electron chi connectivity index (χ4n) is 2.64. The smallest absolute Gasteiger partial charge is 0.308 e. The number of benzene rings is 2. The van der Waals surface area contributed by atoms with Crippen LogP contribution in [0.15, 0.2) is 47.5 Å². The number of nitrogens with two attached hydrogens (primary N) is 1. The van der Waals surface area contributed by atoms with Crippen LogP contribution >= 0.6 is 35.6 Å². The first-order valence-corrected chi connectivity index (χ1v) is 9.08. The second-order valence-electron chi connectivity index (χ2n) is 5.87. The number of carbonyl (C=O) groups is 2. The van der Waals surface area contributed by atoms with Crippen LogP contribution in [0.3, 0.4) is 0 Å². The van der Waals surface area contributed by atoms with Crippen LogP contribution in [-0.4, -0.2) is 30.4 Å². The molecule has 0 aliphatic carbocycles. The summed E-state index contributed by atoms with van der Waals surface area (Å²) < 4.78 is 5.27. The summed E-state index contributed by atoms with van der Waals surface area (Å²) in [5.41, 5.74) is 7.51. The number of rotatable bonds is 5. The second-order valence-corrected chi connectivity index (χ2v) is 6.71. The molecule has 0 saturated heterocycles. The first-order valence-electron chi connectivity index (χ1n) is 8.32. The SMILES string of the molecule is Cl.NCCCC(=O)OC1N=C(c2ccccc2Cl)c2cc(Cl)ccc2NC1=O. The van der Waals surface area contributed by atoms with E-state index >= 15 is 0 Å². The van der Waals surface area contributed by atoms with E-state index in [4.69, 9.17) is 33.7 Å². The zero-order valence-corrected chi connectivity index (χ0v) is 17.0. The van der Waals surface area contributed by atoms with Gasteiger partial charge < -0.3 is 15.8 Å². The van der Waals surface area contributed by atoms with Crippen LogP contribution in [0.1, 0.15) is 24.0 Å². The number of nitrogens with one attached hydrogen (secondary N) is 1. The maximum Gasteiger partial charge on any atom is 0.308 e. The number of benzodiazepines with no additional fused rings is 1. The molecule has 0 radical (unpaired) electrons. The lowest BCUT2D eigenvalue weighted by Crippen LogP contribution is -2.30. The Bertz CT molecular complexity index is 918. The van der Waals surface area contributed by atoms with Gasteiger partial charge in [0.05, 0.1) is 11.4 Å². The molecule has 1 aliphatic heterocycles. The summed E-state index contributed by atoms with van der Waals surface area (Å²) in [7, 11) is 0. The van der Waals surface area contributed by atoms with E-state index in [2.05, 4.69) is 10.3 Å². The minimum atomic E-state index is -1.34. The largest absolute Gasteiger partial charge is 0.430 e. The highest BCUT2D eigenvalue weighted by Gasteiger charge is 2.29. The molecule has 1 amide bonds. The average molecular weight is 443 g/mol. The molecule has 0 fully saturated rings. The Kier molecular flexibility index (Phi) is 7.83. The van der Waals surface area contributed by atoms with Crippen molar-refractivity contribution in [3.05, 3.63) is 63.6 Å². The van der Waals surface area contributed by atoms with E-state index < -0.39 is 18.1 Å². The third-order valence-electron chi connectivity index (χ3n) is 3.92. The lowest BCUT2D eigenvalue weighted by atomic mass is 10.0. The summed E-state index contributed by atoms with van der Waals surface area (Å²) in [6.45, 7) is 0.351. The summed E-state index contributed by atoms with van der Waals surface area (Å²) in [6, 6.07) is 12.1. The topological polar surface area (TPSA) is 93.8 Å². The first kappa shape index (κ1) is 22.2. The number of aliphatic imine (C=N–C) groups is 1. The van der Waals surface area contributed by atoms with Crippen LogP contribution in [0, 0.1) is 0 Å². The van der Waals surface area contributed by atoms with E-state index in [1.165, 1.54) is 0 Å². The highest BCUT2D eigenvalue weighted by atomic mass is 35.5. The molecule has 1 unspecified atom stereocenters. The number of carbonyl (C=O) groups excluding carboxylic acids is 2. The van der Waals surface area contributed by atoms with Crippen molar-refractivity contribution >= 4 is 58.9 Å². The average Bonchev–Trinajstić information content (AvgIpc) is 2.77. The van der Waals surface area contributed by atoms with E-state index in [0.29, 0.717) is 45.5 Å². The summed E-state index contributed by atoms with van der Waals surface area (Å²) in [5.74, 6) is -1.10. The molecular weight excluding hydrogens is 425 g/mol. The van der Waals surface area contributed by atoms with Crippen LogP contribution in [0.5, 0.6) is 0 Å². The molecule has 6 nitrogen and oxygen atoms in total. The van der Waals surface area contributed by atoms with Gasteiger partial charge in [0.2, 0.25) is 0 Å². The molecule has 0 saturated carbocycles. The highest BCUT2D eigenvalue weighted by molar-refractivity contribution is 6.37. The third-order valence-corrected chi connectivity index (χ3v) is 4.49. The number of nitrogens with zero attached hydrogens (tertiary/aromatic N) is 1. The predicted molar refractivity (Wildman–Crippen MR) is 113 cm³/mol. The Hall–Kier alpha value is -2.12. The van der Waals surface area contributed by atoms with Gasteiger partial charge in [-0.3, -0.25) is 9.59 Å². The fourth-order valence-corrected chi connectivity index (χ4v) is 3.04. The van der Waals surface area contributed by atoms with Crippen molar-refractivity contribution in [1.29, 1.82) is 0 Å². The van der Waals surface area contributed by atoms with Crippen LogP contribution in [-0.2, 0) is 14.3 Å². The fraction of sp³-hybridized carbons (Fsp3) is 0.211. The van der Waals surface area contributed by atoms with Crippen LogP contribution in [0.4, 0.5) is 5.69 Å². The quantitative estimate of drug-likeness (QED) is 0.688. The maximum atomic E-state index is 12.5. The molecule has 1 aliphatic rings. The van der Waals surface area contributed by atoms with Crippen molar-refractivity contribution < 1.29 is 14.3 Å². The molecule has 2 aromatic rings. The predicted octanol–water partition coefficient (Wildman–Crippen LogP) is 3.81. The van der Waals surface area contributed by atoms with Crippen molar-refractivity contribution in [2.45, 2.75) is 19.1 Å². The molecule has 1 atom stereocenters. The van der Waals surface area contributed by atoms with Crippen LogP contribution in [0.25, 0.3) is 0 Å². The van der Waals surface area contributed by atoms with Gasteiger partial charge in [0.25, 0.3) is 12.1 Å². The van der Waals surface area contributed by atoms with Crippen molar-refractivity contribution in [2.24, 2.45) is 10.7 Å². The van der Waals surface area contributed by atoms with Gasteiger partial charge in [0.15, 0.2) is 0 Å². The number of ether oxygens (including phenoxy) is 1. The minimum Gasteiger partial charge on any atom is -0.430 e. The molecule has 0 bridgehead atoms. The Morgan fingerprint density at radius 1 is 1.18 bits per heavy atom. The molecule has 9 heteroatoms. The molecule has 1 heterocycles. The van der Waals surface area contributed by atoms with E-state index in [1.807, 2.05) is 0 Å². The molecule has 28 heavy (non-hydrogen) atoms. The van der Waals surface area contributed by atoms with Gasteiger partial charge in [0.1, 0.15) is 0 Å². The molecule has 3 rings (SSSR count). The zero-order valence-electron chi connectivity index (χ0n) is 14.7. The summed E-state index contributed by atoms with van der Waals surface area (Å²) in [5, 5.41) is 3.65. The zero-order chi connectivity index (χ0) is 19.4. The Labute approximate surface area is 178 Å². The maximum absolute atomic E-state index is 12.5. The molecule has 3 N–H and O–H groups in total. The van der Waals surface area contributed by atoms with Gasteiger partial charge in [-0.1, -0.05) is 41.4 Å². The lowest BCUT2D eigenvalue weighted by molar-refractivity contribution is -0.153.